The Hall–Kier alpha value is -2.33. The predicted octanol–water partition coefficient (Wildman–Crippen LogP) is 6.08. The number of carboxylic acid groups (broad SMARTS) is 1. The molecule has 0 aliphatic heterocycles. The number of benzene rings is 2. The number of carboxylic acids is 1. The van der Waals surface area contributed by atoms with Crippen LogP contribution in [0.5, 0.6) is 5.75 Å². The molecule has 2 aromatic carbocycles. The molecule has 2 rings (SSSR count). The van der Waals surface area contributed by atoms with Crippen LogP contribution in [0.15, 0.2) is 42.5 Å². The van der Waals surface area contributed by atoms with Crippen LogP contribution in [-0.4, -0.2) is 24.2 Å². The molecule has 4 heteroatoms. The molecule has 0 aliphatic rings. The average molecular weight is 426 g/mol. The average Bonchev–Trinajstić information content (AvgIpc) is 2.75. The fraction of sp³-hybridized carbons (Fsp3) is 0.519. The number of ether oxygens (including phenoxy) is 1. The Labute approximate surface area is 188 Å². The second-order valence-corrected chi connectivity index (χ2v) is 8.59. The molecule has 170 valence electrons. The van der Waals surface area contributed by atoms with Crippen molar-refractivity contribution in [2.45, 2.75) is 72.3 Å². The van der Waals surface area contributed by atoms with Crippen LogP contribution in [0, 0.1) is 19.8 Å². The van der Waals surface area contributed by atoms with Gasteiger partial charge in [-0.3, -0.25) is 4.79 Å². The maximum Gasteiger partial charge on any atom is 0.304 e. The zero-order valence-electron chi connectivity index (χ0n) is 19.5. The second kappa shape index (κ2) is 13.9. The molecular formula is C27H39NO3. The zero-order valence-corrected chi connectivity index (χ0v) is 19.5. The lowest BCUT2D eigenvalue weighted by Gasteiger charge is -2.18. The van der Waals surface area contributed by atoms with Crippen molar-refractivity contribution in [1.29, 1.82) is 0 Å². The summed E-state index contributed by atoms with van der Waals surface area (Å²) in [7, 11) is 0. The van der Waals surface area contributed by atoms with E-state index in [9.17, 15) is 4.79 Å². The summed E-state index contributed by atoms with van der Waals surface area (Å²) in [6.45, 7) is 8.53. The molecule has 1 unspecified atom stereocenters. The Kier molecular flexibility index (Phi) is 11.2. The van der Waals surface area contributed by atoms with Gasteiger partial charge in [0.25, 0.3) is 0 Å². The van der Waals surface area contributed by atoms with E-state index in [4.69, 9.17) is 9.84 Å². The Morgan fingerprint density at radius 2 is 1.71 bits per heavy atom. The van der Waals surface area contributed by atoms with E-state index >= 15 is 0 Å². The van der Waals surface area contributed by atoms with Crippen LogP contribution in [0.4, 0.5) is 0 Å². The van der Waals surface area contributed by atoms with Gasteiger partial charge in [0.1, 0.15) is 5.75 Å². The van der Waals surface area contributed by atoms with Gasteiger partial charge in [-0.15, -0.1) is 0 Å². The van der Waals surface area contributed by atoms with Gasteiger partial charge in [-0.25, -0.2) is 0 Å². The van der Waals surface area contributed by atoms with Crippen LogP contribution in [-0.2, 0) is 17.8 Å². The van der Waals surface area contributed by atoms with Gasteiger partial charge in [-0.05, 0) is 73.4 Å². The molecule has 0 fully saturated rings. The summed E-state index contributed by atoms with van der Waals surface area (Å²) in [6, 6.07) is 14.9. The molecule has 4 nitrogen and oxygen atoms in total. The normalized spacial score (nSPS) is 12.0. The maximum atomic E-state index is 10.5. The summed E-state index contributed by atoms with van der Waals surface area (Å²) >= 11 is 0. The third-order valence-corrected chi connectivity index (χ3v) is 5.86. The molecule has 0 spiro atoms. The first-order valence-corrected chi connectivity index (χ1v) is 11.7. The van der Waals surface area contributed by atoms with Gasteiger partial charge < -0.3 is 15.2 Å². The molecule has 0 aliphatic carbocycles. The molecule has 1 atom stereocenters. The molecule has 2 N–H and O–H groups in total. The Bertz CT molecular complexity index is 786. The Morgan fingerprint density at radius 3 is 2.39 bits per heavy atom. The SMILES string of the molecule is CCCCC(CCCOc1ccc(CNCCC(=O)O)cc1)Cc1ccc(C)c(C)c1. The summed E-state index contributed by atoms with van der Waals surface area (Å²) in [4.78, 5) is 10.5. The number of unbranched alkanes of at least 4 members (excludes halogenated alkanes) is 1. The highest BCUT2D eigenvalue weighted by Gasteiger charge is 2.10. The number of carbonyl (C=O) groups is 1. The Morgan fingerprint density at radius 1 is 1.00 bits per heavy atom. The number of hydrogen-bond donors (Lipinski definition) is 2. The highest BCUT2D eigenvalue weighted by Crippen LogP contribution is 2.22. The van der Waals surface area contributed by atoms with E-state index < -0.39 is 5.97 Å². The zero-order chi connectivity index (χ0) is 22.5. The lowest BCUT2D eigenvalue weighted by Crippen LogP contribution is -2.17. The molecule has 0 amide bonds. The van der Waals surface area contributed by atoms with Gasteiger partial charge in [0.2, 0.25) is 0 Å². The van der Waals surface area contributed by atoms with Crippen molar-refractivity contribution in [3.8, 4) is 5.75 Å². The largest absolute Gasteiger partial charge is 0.494 e. The maximum absolute atomic E-state index is 10.5. The lowest BCUT2D eigenvalue weighted by molar-refractivity contribution is -0.136. The van der Waals surface area contributed by atoms with Crippen molar-refractivity contribution in [2.24, 2.45) is 5.92 Å². The molecular weight excluding hydrogens is 386 g/mol. The smallest absolute Gasteiger partial charge is 0.304 e. The van der Waals surface area contributed by atoms with Crippen molar-refractivity contribution >= 4 is 5.97 Å². The summed E-state index contributed by atoms with van der Waals surface area (Å²) in [6.07, 6.45) is 7.38. The minimum atomic E-state index is -0.776. The Balaban J connectivity index is 1.73. The second-order valence-electron chi connectivity index (χ2n) is 8.59. The standard InChI is InChI=1S/C27H39NO3/c1-4-5-7-23(19-25-10-9-21(2)22(3)18-25)8-6-17-31-26-13-11-24(12-14-26)20-28-16-15-27(29)30/h9-14,18,23,28H,4-8,15-17,19-20H2,1-3H3,(H,29,30). The van der Waals surface area contributed by atoms with E-state index in [-0.39, 0.29) is 6.42 Å². The van der Waals surface area contributed by atoms with Crippen molar-refractivity contribution in [3.63, 3.8) is 0 Å². The van der Waals surface area contributed by atoms with Crippen molar-refractivity contribution in [1.82, 2.24) is 5.32 Å². The van der Waals surface area contributed by atoms with Crippen LogP contribution < -0.4 is 10.1 Å². The first-order chi connectivity index (χ1) is 15.0. The summed E-state index contributed by atoms with van der Waals surface area (Å²) in [5.41, 5.74) is 5.34. The van der Waals surface area contributed by atoms with Crippen LogP contribution in [0.3, 0.4) is 0 Å². The fourth-order valence-electron chi connectivity index (χ4n) is 3.80. The highest BCUT2D eigenvalue weighted by molar-refractivity contribution is 5.66. The van der Waals surface area contributed by atoms with E-state index in [2.05, 4.69) is 44.3 Å². The lowest BCUT2D eigenvalue weighted by atomic mass is 9.89. The quantitative estimate of drug-likeness (QED) is 0.340. The first kappa shape index (κ1) is 24.9. The molecule has 0 saturated carbocycles. The van der Waals surface area contributed by atoms with Gasteiger partial charge in [0.05, 0.1) is 13.0 Å². The van der Waals surface area contributed by atoms with Crippen LogP contribution in [0.2, 0.25) is 0 Å². The van der Waals surface area contributed by atoms with Gasteiger partial charge in [0, 0.05) is 13.1 Å². The number of aliphatic carboxylic acids is 1. The van der Waals surface area contributed by atoms with Crippen LogP contribution >= 0.6 is 0 Å². The minimum absolute atomic E-state index is 0.143. The molecule has 0 saturated heterocycles. The van der Waals surface area contributed by atoms with Crippen molar-refractivity contribution in [2.75, 3.05) is 13.2 Å². The molecule has 0 radical (unpaired) electrons. The van der Waals surface area contributed by atoms with Crippen molar-refractivity contribution in [3.05, 3.63) is 64.7 Å². The molecule has 0 bridgehead atoms. The summed E-state index contributed by atoms with van der Waals surface area (Å²) < 4.78 is 5.96. The van der Waals surface area contributed by atoms with Gasteiger partial charge in [-0.1, -0.05) is 56.5 Å². The summed E-state index contributed by atoms with van der Waals surface area (Å²) in [5.74, 6) is 0.834. The van der Waals surface area contributed by atoms with Crippen molar-refractivity contribution < 1.29 is 14.6 Å². The predicted molar refractivity (Wildman–Crippen MR) is 128 cm³/mol. The van der Waals surface area contributed by atoms with E-state index in [1.165, 1.54) is 42.4 Å². The van der Waals surface area contributed by atoms with E-state index in [0.717, 1.165) is 30.8 Å². The fourth-order valence-corrected chi connectivity index (χ4v) is 3.80. The first-order valence-electron chi connectivity index (χ1n) is 11.7. The highest BCUT2D eigenvalue weighted by atomic mass is 16.5. The van der Waals surface area contributed by atoms with E-state index in [1.807, 2.05) is 24.3 Å². The number of rotatable bonds is 15. The number of nitrogens with one attached hydrogen (secondary N) is 1. The molecule has 0 heterocycles. The van der Waals surface area contributed by atoms with Crippen LogP contribution in [0.25, 0.3) is 0 Å². The molecule has 2 aromatic rings. The monoisotopic (exact) mass is 425 g/mol. The van der Waals surface area contributed by atoms with Gasteiger partial charge in [0.15, 0.2) is 0 Å². The number of hydrogen-bond acceptors (Lipinski definition) is 3. The summed E-state index contributed by atoms with van der Waals surface area (Å²) in [5, 5.41) is 11.8. The third-order valence-electron chi connectivity index (χ3n) is 5.86. The number of aryl methyl sites for hydroxylation is 2. The van der Waals surface area contributed by atoms with E-state index in [0.29, 0.717) is 19.0 Å². The van der Waals surface area contributed by atoms with Crippen LogP contribution in [0.1, 0.15) is 67.7 Å². The molecule has 0 aromatic heterocycles. The minimum Gasteiger partial charge on any atom is -0.494 e. The molecule has 31 heavy (non-hydrogen) atoms. The van der Waals surface area contributed by atoms with Gasteiger partial charge in [-0.2, -0.15) is 0 Å². The van der Waals surface area contributed by atoms with E-state index in [1.54, 1.807) is 0 Å². The topological polar surface area (TPSA) is 58.6 Å². The third kappa shape index (κ3) is 10.0. The van der Waals surface area contributed by atoms with Gasteiger partial charge >= 0.3 is 5.97 Å².